The SMILES string of the molecule is Cc1cccc(F)c1CN1CCSCC1C(O)NC1C2CC3CC1CC(C(N)=O)(C3)C2. The van der Waals surface area contributed by atoms with Crippen LogP contribution in [-0.4, -0.2) is 52.3 Å². The molecule has 1 saturated heterocycles. The molecule has 1 heterocycles. The molecular formula is C24H34FN3O2S. The van der Waals surface area contributed by atoms with Crippen LogP contribution < -0.4 is 11.1 Å². The molecule has 6 rings (SSSR count). The quantitative estimate of drug-likeness (QED) is 0.585. The molecule has 0 aromatic heterocycles. The number of aliphatic hydroxyl groups is 1. The molecule has 31 heavy (non-hydrogen) atoms. The van der Waals surface area contributed by atoms with Crippen LogP contribution in [0.5, 0.6) is 0 Å². The molecule has 1 aromatic carbocycles. The molecule has 170 valence electrons. The Hall–Kier alpha value is -1.15. The minimum atomic E-state index is -0.660. The molecule has 5 nitrogen and oxygen atoms in total. The van der Waals surface area contributed by atoms with Gasteiger partial charge in [0.15, 0.2) is 0 Å². The van der Waals surface area contributed by atoms with Crippen molar-refractivity contribution in [2.75, 3.05) is 18.1 Å². The van der Waals surface area contributed by atoms with Gasteiger partial charge in [0.2, 0.25) is 5.91 Å². The number of nitrogens with zero attached hydrogens (tertiary/aromatic N) is 1. The maximum absolute atomic E-state index is 14.5. The standard InChI is InChI=1S/C24H34FN3O2S/c1-14-3-2-4-19(25)18(14)12-28-5-6-31-13-20(28)22(29)27-21-16-7-15-8-17(21)11-24(9-15,10-16)23(26)30/h2-4,15-17,20-22,27,29H,5-13H2,1H3,(H2,26,30). The summed E-state index contributed by atoms with van der Waals surface area (Å²) in [5.41, 5.74) is 7.19. The first-order valence-corrected chi connectivity index (χ1v) is 12.8. The van der Waals surface area contributed by atoms with Crippen LogP contribution in [0.15, 0.2) is 18.2 Å². The maximum Gasteiger partial charge on any atom is 0.223 e. The number of carbonyl (C=O) groups excluding carboxylic acids is 1. The Morgan fingerprint density at radius 3 is 2.77 bits per heavy atom. The smallest absolute Gasteiger partial charge is 0.223 e. The van der Waals surface area contributed by atoms with E-state index in [0.717, 1.165) is 61.3 Å². The number of hydrogen-bond acceptors (Lipinski definition) is 5. The highest BCUT2D eigenvalue weighted by Crippen LogP contribution is 2.60. The summed E-state index contributed by atoms with van der Waals surface area (Å²) in [5.74, 6) is 2.95. The summed E-state index contributed by atoms with van der Waals surface area (Å²) in [6, 6.07) is 5.40. The number of nitrogens with two attached hydrogens (primary N) is 1. The highest BCUT2D eigenvalue weighted by Gasteiger charge is 2.58. The van der Waals surface area contributed by atoms with Gasteiger partial charge in [-0.3, -0.25) is 15.0 Å². The number of aliphatic hydroxyl groups excluding tert-OH is 1. The number of aryl methyl sites for hydroxylation is 1. The van der Waals surface area contributed by atoms with E-state index in [9.17, 15) is 14.3 Å². The minimum Gasteiger partial charge on any atom is -0.377 e. The number of nitrogens with one attached hydrogen (secondary N) is 1. The van der Waals surface area contributed by atoms with Gasteiger partial charge >= 0.3 is 0 Å². The first-order chi connectivity index (χ1) is 14.9. The predicted molar refractivity (Wildman–Crippen MR) is 121 cm³/mol. The molecule has 4 aliphatic carbocycles. The van der Waals surface area contributed by atoms with E-state index >= 15 is 0 Å². The van der Waals surface area contributed by atoms with Gasteiger partial charge in [0.1, 0.15) is 12.0 Å². The van der Waals surface area contributed by atoms with Crippen molar-refractivity contribution in [3.63, 3.8) is 0 Å². The third-order valence-electron chi connectivity index (χ3n) is 8.52. The fourth-order valence-electron chi connectivity index (χ4n) is 7.12. The first-order valence-electron chi connectivity index (χ1n) is 11.7. The second kappa shape index (κ2) is 8.32. The van der Waals surface area contributed by atoms with Crippen LogP contribution in [0.2, 0.25) is 0 Å². The lowest BCUT2D eigenvalue weighted by Gasteiger charge is -2.59. The highest BCUT2D eigenvalue weighted by molar-refractivity contribution is 7.99. The normalized spacial score (nSPS) is 38.4. The number of primary amides is 1. The molecule has 4 atom stereocenters. The molecule has 5 fully saturated rings. The number of amides is 1. The second-order valence-corrected chi connectivity index (χ2v) is 11.5. The van der Waals surface area contributed by atoms with Crippen molar-refractivity contribution in [2.24, 2.45) is 28.9 Å². The van der Waals surface area contributed by atoms with E-state index < -0.39 is 6.23 Å². The molecule has 7 heteroatoms. The summed E-state index contributed by atoms with van der Waals surface area (Å²) in [5, 5.41) is 14.9. The Balaban J connectivity index is 1.29. The van der Waals surface area contributed by atoms with E-state index in [4.69, 9.17) is 5.73 Å². The molecule has 0 spiro atoms. The summed E-state index contributed by atoms with van der Waals surface area (Å²) < 4.78 is 14.5. The summed E-state index contributed by atoms with van der Waals surface area (Å²) in [4.78, 5) is 14.4. The van der Waals surface area contributed by atoms with Crippen molar-refractivity contribution in [3.05, 3.63) is 35.1 Å². The van der Waals surface area contributed by atoms with E-state index in [1.165, 1.54) is 6.07 Å². The lowest BCUT2D eigenvalue weighted by molar-refractivity contribution is -0.148. The minimum absolute atomic E-state index is 0.0555. The molecule has 5 aliphatic rings. The lowest BCUT2D eigenvalue weighted by atomic mass is 9.47. The van der Waals surface area contributed by atoms with E-state index in [1.54, 1.807) is 6.07 Å². The van der Waals surface area contributed by atoms with Crippen LogP contribution in [-0.2, 0) is 11.3 Å². The number of benzene rings is 1. The molecule has 1 amide bonds. The number of thioether (sulfide) groups is 1. The highest BCUT2D eigenvalue weighted by atomic mass is 32.2. The van der Waals surface area contributed by atoms with Crippen LogP contribution in [0.25, 0.3) is 0 Å². The van der Waals surface area contributed by atoms with E-state index in [-0.39, 0.29) is 29.2 Å². The van der Waals surface area contributed by atoms with Gasteiger partial charge in [0.05, 0.1) is 6.04 Å². The summed E-state index contributed by atoms with van der Waals surface area (Å²) in [6.45, 7) is 3.31. The van der Waals surface area contributed by atoms with Crippen LogP contribution in [0, 0.1) is 35.9 Å². The predicted octanol–water partition coefficient (Wildman–Crippen LogP) is 2.64. The molecule has 4 saturated carbocycles. The fraction of sp³-hybridized carbons (Fsp3) is 0.708. The molecule has 4 bridgehead atoms. The van der Waals surface area contributed by atoms with Gasteiger partial charge in [-0.25, -0.2) is 4.39 Å². The Kier molecular flexibility index (Phi) is 5.82. The molecule has 4 N–H and O–H groups in total. The second-order valence-electron chi connectivity index (χ2n) is 10.4. The van der Waals surface area contributed by atoms with Gasteiger partial charge in [-0.15, -0.1) is 0 Å². The average molecular weight is 448 g/mol. The van der Waals surface area contributed by atoms with E-state index in [0.29, 0.717) is 24.3 Å². The Morgan fingerprint density at radius 1 is 1.35 bits per heavy atom. The molecule has 0 radical (unpaired) electrons. The van der Waals surface area contributed by atoms with Crippen molar-refractivity contribution >= 4 is 17.7 Å². The van der Waals surface area contributed by atoms with Crippen LogP contribution in [0.1, 0.15) is 43.2 Å². The Morgan fingerprint density at radius 2 is 2.10 bits per heavy atom. The average Bonchev–Trinajstić information content (AvgIpc) is 2.73. The van der Waals surface area contributed by atoms with Crippen LogP contribution >= 0.6 is 11.8 Å². The third-order valence-corrected chi connectivity index (χ3v) is 9.57. The van der Waals surface area contributed by atoms with E-state index in [2.05, 4.69) is 10.2 Å². The number of rotatable bonds is 6. The van der Waals surface area contributed by atoms with Crippen LogP contribution in [0.4, 0.5) is 4.39 Å². The third kappa shape index (κ3) is 3.92. The van der Waals surface area contributed by atoms with Crippen molar-refractivity contribution in [3.8, 4) is 0 Å². The molecule has 4 unspecified atom stereocenters. The Bertz CT molecular complexity index is 816. The van der Waals surface area contributed by atoms with Crippen LogP contribution in [0.3, 0.4) is 0 Å². The fourth-order valence-corrected chi connectivity index (χ4v) is 8.29. The molecular weight excluding hydrogens is 413 g/mol. The van der Waals surface area contributed by atoms with Gasteiger partial charge in [-0.05, 0) is 68.4 Å². The summed E-state index contributed by atoms with van der Waals surface area (Å²) in [6.07, 6.45) is 4.28. The van der Waals surface area contributed by atoms with Gasteiger partial charge in [-0.1, -0.05) is 12.1 Å². The number of hydrogen-bond donors (Lipinski definition) is 3. The van der Waals surface area contributed by atoms with Crippen molar-refractivity contribution in [2.45, 2.75) is 63.9 Å². The number of carbonyl (C=O) groups is 1. The molecule has 1 aliphatic heterocycles. The maximum atomic E-state index is 14.5. The van der Waals surface area contributed by atoms with Gasteiger partial charge in [0.25, 0.3) is 0 Å². The first kappa shape index (κ1) is 21.7. The van der Waals surface area contributed by atoms with Crippen molar-refractivity contribution in [1.82, 2.24) is 10.2 Å². The zero-order chi connectivity index (χ0) is 21.8. The zero-order valence-electron chi connectivity index (χ0n) is 18.2. The van der Waals surface area contributed by atoms with Gasteiger partial charge in [0, 0.05) is 41.6 Å². The Labute approximate surface area is 188 Å². The van der Waals surface area contributed by atoms with E-state index in [1.807, 2.05) is 24.8 Å². The summed E-state index contributed by atoms with van der Waals surface area (Å²) in [7, 11) is 0. The summed E-state index contributed by atoms with van der Waals surface area (Å²) >= 11 is 1.85. The zero-order valence-corrected chi connectivity index (χ0v) is 19.0. The van der Waals surface area contributed by atoms with Crippen molar-refractivity contribution in [1.29, 1.82) is 0 Å². The largest absolute Gasteiger partial charge is 0.377 e. The number of halogens is 1. The van der Waals surface area contributed by atoms with Gasteiger partial charge < -0.3 is 10.8 Å². The van der Waals surface area contributed by atoms with Gasteiger partial charge in [-0.2, -0.15) is 11.8 Å². The lowest BCUT2D eigenvalue weighted by Crippen LogP contribution is -2.65. The topological polar surface area (TPSA) is 78.6 Å². The molecule has 1 aromatic rings. The van der Waals surface area contributed by atoms with Crippen molar-refractivity contribution < 1.29 is 14.3 Å². The monoisotopic (exact) mass is 447 g/mol.